The van der Waals surface area contributed by atoms with E-state index in [1.807, 2.05) is 38.8 Å². The average molecular weight is 261 g/mol. The third-order valence-electron chi connectivity index (χ3n) is 2.32. The zero-order valence-electron chi connectivity index (χ0n) is 11.0. The Morgan fingerprint density at radius 2 is 1.94 bits per heavy atom. The van der Waals surface area contributed by atoms with E-state index in [2.05, 4.69) is 0 Å². The molecule has 0 atom stereocenters. The van der Waals surface area contributed by atoms with Crippen LogP contribution in [0, 0.1) is 12.7 Å². The summed E-state index contributed by atoms with van der Waals surface area (Å²) in [4.78, 5) is 2.04. The van der Waals surface area contributed by atoms with Crippen molar-refractivity contribution in [2.24, 2.45) is 5.73 Å². The first-order chi connectivity index (χ1) is 7.28. The molecule has 0 aromatic heterocycles. The fourth-order valence-electron chi connectivity index (χ4n) is 1.87. The van der Waals surface area contributed by atoms with Crippen LogP contribution >= 0.6 is 12.4 Å². The minimum atomic E-state index is -0.255. The van der Waals surface area contributed by atoms with Crippen LogP contribution in [0.25, 0.3) is 0 Å². The molecule has 0 fully saturated rings. The molecule has 0 saturated carbocycles. The number of aryl methyl sites for hydroxylation is 1. The lowest BCUT2D eigenvalue weighted by atomic mass is 10.1. The van der Waals surface area contributed by atoms with Gasteiger partial charge < -0.3 is 10.6 Å². The standard InChI is InChI=1S/C13H21FN2.ClH/c1-10-5-6-12(14)11(7-10)8-16(4)9-13(2,3)15;/h5-7H,8-9,15H2,1-4H3;1H. The fourth-order valence-corrected chi connectivity index (χ4v) is 1.87. The molecule has 0 spiro atoms. The molecule has 4 heteroatoms. The smallest absolute Gasteiger partial charge is 0.127 e. The topological polar surface area (TPSA) is 29.3 Å². The SMILES string of the molecule is Cc1ccc(F)c(CN(C)CC(C)(C)N)c1.Cl. The fraction of sp³-hybridized carbons (Fsp3) is 0.538. The highest BCUT2D eigenvalue weighted by Crippen LogP contribution is 2.13. The number of nitrogens with zero attached hydrogens (tertiary/aromatic N) is 1. The van der Waals surface area contributed by atoms with Crippen LogP contribution in [-0.2, 0) is 6.54 Å². The quantitative estimate of drug-likeness (QED) is 0.902. The molecule has 0 aliphatic heterocycles. The minimum absolute atomic E-state index is 0. The van der Waals surface area contributed by atoms with E-state index in [1.54, 1.807) is 6.07 Å². The normalized spacial score (nSPS) is 11.5. The second kappa shape index (κ2) is 6.34. The maximum Gasteiger partial charge on any atom is 0.127 e. The van der Waals surface area contributed by atoms with Crippen molar-refractivity contribution >= 4 is 12.4 Å². The van der Waals surface area contributed by atoms with Crippen molar-refractivity contribution in [3.05, 3.63) is 35.1 Å². The number of halogens is 2. The monoisotopic (exact) mass is 260 g/mol. The predicted octanol–water partition coefficient (Wildman–Crippen LogP) is 2.73. The van der Waals surface area contributed by atoms with Crippen molar-refractivity contribution in [1.82, 2.24) is 4.90 Å². The van der Waals surface area contributed by atoms with Gasteiger partial charge in [0.05, 0.1) is 0 Å². The molecule has 98 valence electrons. The summed E-state index contributed by atoms with van der Waals surface area (Å²) < 4.78 is 13.5. The Morgan fingerprint density at radius 3 is 2.47 bits per heavy atom. The second-order valence-corrected chi connectivity index (χ2v) is 5.26. The molecule has 2 N–H and O–H groups in total. The lowest BCUT2D eigenvalue weighted by Crippen LogP contribution is -2.43. The molecule has 0 unspecified atom stereocenters. The van der Waals surface area contributed by atoms with Crippen LogP contribution in [0.2, 0.25) is 0 Å². The molecule has 1 aromatic carbocycles. The summed E-state index contributed by atoms with van der Waals surface area (Å²) in [7, 11) is 1.95. The Bertz CT molecular complexity index is 361. The van der Waals surface area contributed by atoms with E-state index in [4.69, 9.17) is 5.73 Å². The lowest BCUT2D eigenvalue weighted by molar-refractivity contribution is 0.260. The maximum absolute atomic E-state index is 13.5. The van der Waals surface area contributed by atoms with E-state index in [0.29, 0.717) is 6.54 Å². The predicted molar refractivity (Wildman–Crippen MR) is 73.0 cm³/mol. The van der Waals surface area contributed by atoms with Gasteiger partial charge in [0.2, 0.25) is 0 Å². The summed E-state index contributed by atoms with van der Waals surface area (Å²) in [5.74, 6) is -0.146. The summed E-state index contributed by atoms with van der Waals surface area (Å²) in [6, 6.07) is 5.19. The van der Waals surface area contributed by atoms with Crippen LogP contribution in [0.3, 0.4) is 0 Å². The zero-order chi connectivity index (χ0) is 12.3. The van der Waals surface area contributed by atoms with Crippen molar-refractivity contribution in [3.63, 3.8) is 0 Å². The minimum Gasteiger partial charge on any atom is -0.324 e. The number of rotatable bonds is 4. The van der Waals surface area contributed by atoms with Gasteiger partial charge in [-0.05, 0) is 33.9 Å². The summed E-state index contributed by atoms with van der Waals surface area (Å²) >= 11 is 0. The molecule has 0 heterocycles. The molecule has 0 aliphatic carbocycles. The number of hydrogen-bond acceptors (Lipinski definition) is 2. The van der Waals surface area contributed by atoms with Gasteiger partial charge in [0.25, 0.3) is 0 Å². The molecule has 0 radical (unpaired) electrons. The van der Waals surface area contributed by atoms with Crippen molar-refractivity contribution in [3.8, 4) is 0 Å². The maximum atomic E-state index is 13.5. The molecule has 0 amide bonds. The van der Waals surface area contributed by atoms with Crippen LogP contribution in [0.5, 0.6) is 0 Å². The summed E-state index contributed by atoms with van der Waals surface area (Å²) in [5, 5.41) is 0. The first-order valence-electron chi connectivity index (χ1n) is 5.50. The Hall–Kier alpha value is -0.640. The molecular formula is C13H22ClFN2. The van der Waals surface area contributed by atoms with E-state index in [9.17, 15) is 4.39 Å². The van der Waals surface area contributed by atoms with Gasteiger partial charge in [-0.2, -0.15) is 0 Å². The van der Waals surface area contributed by atoms with Gasteiger partial charge in [-0.15, -0.1) is 12.4 Å². The van der Waals surface area contributed by atoms with Crippen molar-refractivity contribution in [2.45, 2.75) is 32.9 Å². The highest BCUT2D eigenvalue weighted by Gasteiger charge is 2.15. The molecular weight excluding hydrogens is 239 g/mol. The first kappa shape index (κ1) is 16.4. The third kappa shape index (κ3) is 6.01. The van der Waals surface area contributed by atoms with Crippen molar-refractivity contribution in [1.29, 1.82) is 0 Å². The Labute approximate surface area is 109 Å². The first-order valence-corrected chi connectivity index (χ1v) is 5.50. The lowest BCUT2D eigenvalue weighted by Gasteiger charge is -2.26. The van der Waals surface area contributed by atoms with Gasteiger partial charge in [-0.3, -0.25) is 0 Å². The zero-order valence-corrected chi connectivity index (χ0v) is 11.8. The van der Waals surface area contributed by atoms with Gasteiger partial charge in [0, 0.05) is 24.2 Å². The summed E-state index contributed by atoms with van der Waals surface area (Å²) in [6.07, 6.45) is 0. The van der Waals surface area contributed by atoms with E-state index in [1.165, 1.54) is 6.07 Å². The molecule has 1 aromatic rings. The second-order valence-electron chi connectivity index (χ2n) is 5.26. The molecule has 0 saturated heterocycles. The Balaban J connectivity index is 0.00000256. The summed E-state index contributed by atoms with van der Waals surface area (Å²) in [5.41, 5.74) is 7.48. The van der Waals surface area contributed by atoms with Crippen molar-refractivity contribution < 1.29 is 4.39 Å². The number of benzene rings is 1. The number of nitrogens with two attached hydrogens (primary N) is 1. The van der Waals surface area contributed by atoms with Crippen LogP contribution < -0.4 is 5.73 Å². The highest BCUT2D eigenvalue weighted by molar-refractivity contribution is 5.85. The van der Waals surface area contributed by atoms with E-state index in [-0.39, 0.29) is 23.8 Å². The molecule has 0 aliphatic rings. The van der Waals surface area contributed by atoms with E-state index in [0.717, 1.165) is 17.7 Å². The summed E-state index contributed by atoms with van der Waals surface area (Å²) in [6.45, 7) is 7.23. The average Bonchev–Trinajstić information content (AvgIpc) is 2.08. The van der Waals surface area contributed by atoms with Crippen molar-refractivity contribution in [2.75, 3.05) is 13.6 Å². The van der Waals surface area contributed by atoms with Gasteiger partial charge in [-0.1, -0.05) is 17.7 Å². The third-order valence-corrected chi connectivity index (χ3v) is 2.32. The van der Waals surface area contributed by atoms with Gasteiger partial charge >= 0.3 is 0 Å². The Kier molecular flexibility index (Phi) is 6.10. The Morgan fingerprint density at radius 1 is 1.35 bits per heavy atom. The van der Waals surface area contributed by atoms with Crippen LogP contribution in [-0.4, -0.2) is 24.0 Å². The number of likely N-dealkylation sites (N-methyl/N-ethyl adjacent to an activating group) is 1. The van der Waals surface area contributed by atoms with E-state index >= 15 is 0 Å². The van der Waals surface area contributed by atoms with Gasteiger partial charge in [-0.25, -0.2) is 4.39 Å². The molecule has 1 rings (SSSR count). The number of hydrogen-bond donors (Lipinski definition) is 1. The van der Waals surface area contributed by atoms with Crippen LogP contribution in [0.4, 0.5) is 4.39 Å². The molecule has 0 bridgehead atoms. The highest BCUT2D eigenvalue weighted by atomic mass is 35.5. The largest absolute Gasteiger partial charge is 0.324 e. The molecule has 2 nitrogen and oxygen atoms in total. The van der Waals surface area contributed by atoms with Gasteiger partial charge in [0.1, 0.15) is 5.82 Å². The van der Waals surface area contributed by atoms with Crippen LogP contribution in [0.1, 0.15) is 25.0 Å². The van der Waals surface area contributed by atoms with Gasteiger partial charge in [0.15, 0.2) is 0 Å². The molecule has 17 heavy (non-hydrogen) atoms. The van der Waals surface area contributed by atoms with E-state index < -0.39 is 0 Å². The van der Waals surface area contributed by atoms with Crippen LogP contribution in [0.15, 0.2) is 18.2 Å².